The van der Waals surface area contributed by atoms with E-state index in [1.54, 1.807) is 41.5 Å². The van der Waals surface area contributed by atoms with Crippen molar-refractivity contribution in [1.29, 1.82) is 0 Å². The van der Waals surface area contributed by atoms with E-state index in [1.807, 2.05) is 24.3 Å². The number of nitrogens with zero attached hydrogens (tertiary/aromatic N) is 3. The van der Waals surface area contributed by atoms with Gasteiger partial charge in [0.1, 0.15) is 5.75 Å². The third-order valence-corrected chi connectivity index (χ3v) is 3.47. The van der Waals surface area contributed by atoms with Crippen LogP contribution in [0.3, 0.4) is 0 Å². The van der Waals surface area contributed by atoms with Crippen molar-refractivity contribution in [3.05, 3.63) is 72.3 Å². The number of para-hydroxylation sites is 1. The van der Waals surface area contributed by atoms with Crippen LogP contribution in [0.15, 0.2) is 71.4 Å². The Kier molecular flexibility index (Phi) is 4.01. The first-order chi connectivity index (χ1) is 11.2. The van der Waals surface area contributed by atoms with Crippen LogP contribution in [0.25, 0.3) is 0 Å². The van der Waals surface area contributed by atoms with Crippen LogP contribution in [0.2, 0.25) is 0 Å². The van der Waals surface area contributed by atoms with Crippen LogP contribution in [-0.2, 0) is 4.79 Å². The number of rotatable bonds is 4. The first-order valence-corrected chi connectivity index (χ1v) is 7.13. The van der Waals surface area contributed by atoms with Gasteiger partial charge in [0, 0.05) is 12.1 Å². The van der Waals surface area contributed by atoms with Gasteiger partial charge in [-0.3, -0.25) is 4.79 Å². The molecule has 0 spiro atoms. The van der Waals surface area contributed by atoms with E-state index in [0.717, 1.165) is 16.8 Å². The lowest BCUT2D eigenvalue weighted by atomic mass is 10.1. The van der Waals surface area contributed by atoms with Gasteiger partial charge in [-0.15, -0.1) is 11.7 Å². The maximum atomic E-state index is 12.5. The summed E-state index contributed by atoms with van der Waals surface area (Å²) in [6.45, 7) is 4.11. The molecule has 5 nitrogen and oxygen atoms in total. The molecule has 0 fully saturated rings. The summed E-state index contributed by atoms with van der Waals surface area (Å²) in [7, 11) is 0. The summed E-state index contributed by atoms with van der Waals surface area (Å²) in [5.41, 5.74) is 2.68. The molecule has 0 radical (unpaired) electrons. The third-order valence-electron chi connectivity index (χ3n) is 3.47. The van der Waals surface area contributed by atoms with Gasteiger partial charge in [0.15, 0.2) is 5.71 Å². The highest BCUT2D eigenvalue weighted by atomic mass is 16.3. The number of aromatic hydroxyl groups is 1. The summed E-state index contributed by atoms with van der Waals surface area (Å²) in [4.78, 5) is 14.1. The number of hydrogen-bond donors (Lipinski definition) is 1. The van der Waals surface area contributed by atoms with Gasteiger partial charge >= 0.3 is 0 Å². The highest BCUT2D eigenvalue weighted by molar-refractivity contribution is 6.54. The van der Waals surface area contributed by atoms with Crippen molar-refractivity contribution in [2.45, 2.75) is 0 Å². The Morgan fingerprint density at radius 3 is 2.61 bits per heavy atom. The van der Waals surface area contributed by atoms with Gasteiger partial charge in [-0.2, -0.15) is 5.10 Å². The second-order valence-electron chi connectivity index (χ2n) is 5.01. The second kappa shape index (κ2) is 6.27. The molecule has 2 aromatic carbocycles. The largest absolute Gasteiger partial charge is 0.508 e. The van der Waals surface area contributed by atoms with Gasteiger partial charge in [0.25, 0.3) is 5.91 Å². The highest BCUT2D eigenvalue weighted by Gasteiger charge is 2.32. The quantitative estimate of drug-likeness (QED) is 0.536. The van der Waals surface area contributed by atoms with Crippen LogP contribution in [-0.4, -0.2) is 29.5 Å². The highest BCUT2D eigenvalue weighted by Crippen LogP contribution is 2.28. The Morgan fingerprint density at radius 1 is 1.13 bits per heavy atom. The third kappa shape index (κ3) is 2.89. The molecule has 0 saturated carbocycles. The second-order valence-corrected chi connectivity index (χ2v) is 5.01. The minimum Gasteiger partial charge on any atom is -0.508 e. The van der Waals surface area contributed by atoms with Crippen LogP contribution >= 0.6 is 0 Å². The molecule has 0 aliphatic carbocycles. The Labute approximate surface area is 133 Å². The summed E-state index contributed by atoms with van der Waals surface area (Å²) >= 11 is 0. The summed E-state index contributed by atoms with van der Waals surface area (Å²) in [5.74, 6) is 0.00221. The van der Waals surface area contributed by atoms with Gasteiger partial charge < -0.3 is 10.0 Å². The molecule has 23 heavy (non-hydrogen) atoms. The number of anilines is 1. The molecule has 1 amide bonds. The van der Waals surface area contributed by atoms with E-state index in [0.29, 0.717) is 12.3 Å². The predicted molar refractivity (Wildman–Crippen MR) is 91.2 cm³/mol. The first-order valence-electron chi connectivity index (χ1n) is 7.13. The Morgan fingerprint density at radius 2 is 1.87 bits per heavy atom. The molecule has 114 valence electrons. The number of carbonyl (C=O) groups is 1. The smallest absolute Gasteiger partial charge is 0.279 e. The van der Waals surface area contributed by atoms with Crippen LogP contribution in [0, 0.1) is 0 Å². The number of hydrogen-bond acceptors (Lipinski definition) is 4. The Hall–Kier alpha value is -3.21. The van der Waals surface area contributed by atoms with E-state index in [2.05, 4.69) is 16.8 Å². The molecule has 2 aromatic rings. The average molecular weight is 305 g/mol. The fourth-order valence-corrected chi connectivity index (χ4v) is 2.38. The number of carbonyl (C=O) groups excluding carboxylic acids is 1. The molecule has 1 aliphatic rings. The minimum absolute atomic E-state index is 0.186. The normalized spacial score (nSPS) is 15.4. The zero-order chi connectivity index (χ0) is 16.2. The van der Waals surface area contributed by atoms with Crippen molar-refractivity contribution in [1.82, 2.24) is 0 Å². The van der Waals surface area contributed by atoms with Crippen LogP contribution in [0.1, 0.15) is 11.1 Å². The number of phenolic OH excluding ortho intramolecular Hbond substituents is 1. The van der Waals surface area contributed by atoms with Crippen molar-refractivity contribution in [2.75, 3.05) is 11.4 Å². The molecule has 1 aliphatic heterocycles. The molecule has 1 heterocycles. The fraction of sp³-hybridized carbons (Fsp3) is 0.0556. The average Bonchev–Trinajstić information content (AvgIpc) is 2.83. The Bertz CT molecular complexity index is 807. The molecule has 3 rings (SSSR count). The zero-order valence-electron chi connectivity index (χ0n) is 12.4. The molecular weight excluding hydrogens is 290 g/mol. The van der Waals surface area contributed by atoms with Gasteiger partial charge in [0.05, 0.1) is 11.9 Å². The van der Waals surface area contributed by atoms with Gasteiger partial charge in [-0.25, -0.2) is 0 Å². The van der Waals surface area contributed by atoms with Gasteiger partial charge in [-0.05, 0) is 35.9 Å². The SMILES string of the molecule is C=CCN1C(=O)/C(=N\N=C\c2ccc(O)cc2)c2ccccc21. The van der Waals surface area contributed by atoms with E-state index in [-0.39, 0.29) is 11.7 Å². The van der Waals surface area contributed by atoms with Crippen molar-refractivity contribution in [3.63, 3.8) is 0 Å². The standard InChI is InChI=1S/C18H15N3O2/c1-2-11-21-16-6-4-3-5-15(16)17(18(21)23)20-19-12-13-7-9-14(22)10-8-13/h2-10,12,22H,1,11H2/b19-12+,20-17-. The van der Waals surface area contributed by atoms with Crippen molar-refractivity contribution in [3.8, 4) is 5.75 Å². The van der Waals surface area contributed by atoms with Gasteiger partial charge in [0.2, 0.25) is 0 Å². The molecule has 1 N–H and O–H groups in total. The molecule has 0 unspecified atom stereocenters. The number of phenols is 1. The van der Waals surface area contributed by atoms with E-state index >= 15 is 0 Å². The summed E-state index contributed by atoms with van der Waals surface area (Å²) in [6.07, 6.45) is 3.22. The number of fused-ring (bicyclic) bond motifs is 1. The van der Waals surface area contributed by atoms with E-state index in [4.69, 9.17) is 0 Å². The lowest BCUT2D eigenvalue weighted by Gasteiger charge is -2.13. The molecule has 0 saturated heterocycles. The molecule has 5 heteroatoms. The van der Waals surface area contributed by atoms with Crippen LogP contribution in [0.5, 0.6) is 5.75 Å². The summed E-state index contributed by atoms with van der Waals surface area (Å²) < 4.78 is 0. The minimum atomic E-state index is -0.186. The monoisotopic (exact) mass is 305 g/mol. The van der Waals surface area contributed by atoms with Crippen molar-refractivity contribution < 1.29 is 9.90 Å². The van der Waals surface area contributed by atoms with Crippen molar-refractivity contribution in [2.24, 2.45) is 10.2 Å². The van der Waals surface area contributed by atoms with E-state index in [1.165, 1.54) is 0 Å². The molecule has 0 bridgehead atoms. The van der Waals surface area contributed by atoms with Crippen LogP contribution < -0.4 is 4.90 Å². The first kappa shape index (κ1) is 14.7. The fourth-order valence-electron chi connectivity index (χ4n) is 2.38. The van der Waals surface area contributed by atoms with Gasteiger partial charge in [-0.1, -0.05) is 24.3 Å². The lowest BCUT2D eigenvalue weighted by Crippen LogP contribution is -2.30. The maximum absolute atomic E-state index is 12.5. The molecule has 0 atom stereocenters. The summed E-state index contributed by atoms with van der Waals surface area (Å²) in [6, 6.07) is 14.0. The molecular formula is C18H15N3O2. The van der Waals surface area contributed by atoms with E-state index in [9.17, 15) is 9.90 Å². The number of benzene rings is 2. The molecule has 0 aromatic heterocycles. The topological polar surface area (TPSA) is 65.3 Å². The lowest BCUT2D eigenvalue weighted by molar-refractivity contribution is -0.112. The predicted octanol–water partition coefficient (Wildman–Crippen LogP) is 2.75. The Balaban J connectivity index is 1.91. The van der Waals surface area contributed by atoms with Crippen molar-refractivity contribution >= 4 is 23.5 Å². The van der Waals surface area contributed by atoms with E-state index < -0.39 is 0 Å². The van der Waals surface area contributed by atoms with Crippen LogP contribution in [0.4, 0.5) is 5.69 Å². The zero-order valence-corrected chi connectivity index (χ0v) is 12.4. The summed E-state index contributed by atoms with van der Waals surface area (Å²) in [5, 5.41) is 17.3. The number of amides is 1. The maximum Gasteiger partial charge on any atom is 0.279 e.